The van der Waals surface area contributed by atoms with Crippen molar-refractivity contribution in [2.75, 3.05) is 49.3 Å². The van der Waals surface area contributed by atoms with E-state index in [0.717, 1.165) is 35.0 Å². The number of hydrogen-bond donors (Lipinski definition) is 8. The standard InChI is InChI=1S/C30H31Cl2N11O11S3/c1-17-28(29(45)43(38-17)24-14-22(32)26(15-21(24)31)57(52,53)54)37-36-23-13-19(5-8-25(23)56(49,50)51)39-42-16-27(33-9-10-41(2)11-12-44)35-30(40-42)34-18-3-6-20(7-4-18)55(46,47)48/h3-8,13-16,44H,9-12H2,1-2H3,(H6-,33,34,35,36,38,39,40,45,46,47,48,49,50,51,52,53,54)/p+1. The molecule has 3 aromatic carbocycles. The predicted molar refractivity (Wildman–Crippen MR) is 205 cm³/mol. The molecule has 5 aromatic rings. The fourth-order valence-corrected chi connectivity index (χ4v) is 7.36. The molecule has 2 heterocycles. The minimum Gasteiger partial charge on any atom is -0.395 e. The molecule has 0 aliphatic rings. The molecule has 2 aromatic heterocycles. The largest absolute Gasteiger partial charge is 0.395 e. The van der Waals surface area contributed by atoms with Crippen molar-refractivity contribution in [3.63, 3.8) is 0 Å². The van der Waals surface area contributed by atoms with Crippen LogP contribution in [0.25, 0.3) is 5.69 Å². The third-order valence-corrected chi connectivity index (χ3v) is 11.1. The highest BCUT2D eigenvalue weighted by atomic mass is 35.5. The van der Waals surface area contributed by atoms with Gasteiger partial charge in [0.1, 0.15) is 21.2 Å². The van der Waals surface area contributed by atoms with Crippen molar-refractivity contribution in [2.45, 2.75) is 21.6 Å². The van der Waals surface area contributed by atoms with E-state index in [2.05, 4.69) is 41.5 Å². The van der Waals surface area contributed by atoms with E-state index >= 15 is 0 Å². The molecule has 0 unspecified atom stereocenters. The first kappa shape index (κ1) is 43.0. The summed E-state index contributed by atoms with van der Waals surface area (Å²) >= 11 is 12.2. The maximum Gasteiger partial charge on any atom is 0.299 e. The van der Waals surface area contributed by atoms with Crippen LogP contribution in [0.3, 0.4) is 0 Å². The van der Waals surface area contributed by atoms with Crippen molar-refractivity contribution in [3.8, 4) is 5.69 Å². The number of aryl methyl sites for hydroxylation is 1. The monoisotopic (exact) mass is 888 g/mol. The van der Waals surface area contributed by atoms with Crippen LogP contribution < -0.4 is 26.4 Å². The molecule has 27 heteroatoms. The maximum absolute atomic E-state index is 13.4. The lowest BCUT2D eigenvalue weighted by atomic mass is 10.3. The molecule has 8 N–H and O–H groups in total. The van der Waals surface area contributed by atoms with Crippen molar-refractivity contribution in [1.82, 2.24) is 24.8 Å². The normalized spacial score (nSPS) is 12.4. The summed E-state index contributed by atoms with van der Waals surface area (Å²) in [5.74, 6) is 0.258. The van der Waals surface area contributed by atoms with E-state index in [0.29, 0.717) is 25.3 Å². The molecule has 0 aliphatic heterocycles. The highest BCUT2D eigenvalue weighted by Gasteiger charge is 2.23. The second-order valence-corrected chi connectivity index (χ2v) is 16.9. The lowest BCUT2D eigenvalue weighted by Gasteiger charge is -2.15. The molecule has 0 amide bonds. The van der Waals surface area contributed by atoms with Crippen LogP contribution in [-0.2, 0) is 30.4 Å². The molecule has 0 fully saturated rings. The van der Waals surface area contributed by atoms with Gasteiger partial charge in [-0.2, -0.15) is 30.2 Å². The third kappa shape index (κ3) is 10.9. The molecular formula is C30H32Cl2N11O11S3+. The molecule has 0 radical (unpaired) electrons. The first-order valence-electron chi connectivity index (χ1n) is 15.9. The highest BCUT2D eigenvalue weighted by Crippen LogP contribution is 2.32. The zero-order valence-electron chi connectivity index (χ0n) is 29.4. The number of rotatable bonds is 16. The summed E-state index contributed by atoms with van der Waals surface area (Å²) in [7, 11) is -12.3. The average Bonchev–Trinajstić information content (AvgIpc) is 3.39. The van der Waals surface area contributed by atoms with Crippen molar-refractivity contribution in [2.24, 2.45) is 10.2 Å². The predicted octanol–water partition coefficient (Wildman–Crippen LogP) is 2.97. The van der Waals surface area contributed by atoms with Gasteiger partial charge < -0.3 is 20.6 Å². The molecule has 0 bridgehead atoms. The van der Waals surface area contributed by atoms with Crippen molar-refractivity contribution < 1.29 is 48.8 Å². The number of aliphatic hydroxyl groups excluding tert-OH is 1. The molecule has 5 rings (SSSR count). The molecule has 304 valence electrons. The number of aliphatic hydroxyl groups is 1. The van der Waals surface area contributed by atoms with Gasteiger partial charge in [0.05, 0.1) is 38.0 Å². The minimum absolute atomic E-state index is 0.0153. The fourth-order valence-electron chi connectivity index (χ4n) is 4.94. The Morgan fingerprint density at radius 1 is 0.877 bits per heavy atom. The smallest absolute Gasteiger partial charge is 0.299 e. The molecule has 0 saturated heterocycles. The van der Waals surface area contributed by atoms with E-state index in [9.17, 15) is 48.8 Å². The summed E-state index contributed by atoms with van der Waals surface area (Å²) in [5.41, 5.74) is 1.73. The zero-order valence-corrected chi connectivity index (χ0v) is 33.3. The third-order valence-electron chi connectivity index (χ3n) is 7.66. The average molecular weight is 890 g/mol. The molecule has 0 saturated carbocycles. The van der Waals surface area contributed by atoms with E-state index in [1.165, 1.54) is 42.2 Å². The Labute approximate surface area is 334 Å². The molecular weight excluding hydrogens is 858 g/mol. The number of likely N-dealkylation sites (N-methyl/N-ethyl adjacent to an activating group) is 1. The molecule has 57 heavy (non-hydrogen) atoms. The van der Waals surface area contributed by atoms with E-state index in [4.69, 9.17) is 23.2 Å². The SMILES string of the molecule is Cc1[nH]n(-c2cc(Cl)c(S(=O)(=O)O)cc2Cl)c(=O)c1N=Nc1cc(N[n+]2cc(NCCN(C)CCO)nc(Nc3ccc(S(=O)(=O)O)cc3)n2)ccc1S(=O)(=O)O. The van der Waals surface area contributed by atoms with Crippen molar-refractivity contribution in [3.05, 3.63) is 86.9 Å². The summed E-state index contributed by atoms with van der Waals surface area (Å²) in [6.45, 7) is 2.69. The second-order valence-electron chi connectivity index (χ2n) is 11.9. The van der Waals surface area contributed by atoms with E-state index in [1.54, 1.807) is 7.05 Å². The summed E-state index contributed by atoms with van der Waals surface area (Å²) in [6, 6.07) is 10.4. The number of H-pyrrole nitrogens is 1. The van der Waals surface area contributed by atoms with Gasteiger partial charge in [0.25, 0.3) is 48.1 Å². The lowest BCUT2D eigenvalue weighted by Crippen LogP contribution is -2.46. The van der Waals surface area contributed by atoms with Crippen LogP contribution in [0.4, 0.5) is 34.5 Å². The summed E-state index contributed by atoms with van der Waals surface area (Å²) in [4.78, 5) is 19.1. The number of aromatic nitrogens is 5. The summed E-state index contributed by atoms with van der Waals surface area (Å²) < 4.78 is 100. The maximum atomic E-state index is 13.4. The fraction of sp³-hybridized carbons (Fsp3) is 0.200. The topological polar surface area (TPSA) is 315 Å². The van der Waals surface area contributed by atoms with Crippen LogP contribution in [0, 0.1) is 6.92 Å². The Morgan fingerprint density at radius 2 is 1.54 bits per heavy atom. The number of hydrogen-bond acceptors (Lipinski definition) is 16. The molecule has 0 aliphatic carbocycles. The number of nitrogens with one attached hydrogen (secondary N) is 4. The van der Waals surface area contributed by atoms with Gasteiger partial charge in [-0.1, -0.05) is 23.2 Å². The van der Waals surface area contributed by atoms with Gasteiger partial charge in [-0.05, 0) is 68.6 Å². The van der Waals surface area contributed by atoms with E-state index in [-0.39, 0.29) is 51.0 Å². The summed E-state index contributed by atoms with van der Waals surface area (Å²) in [6.07, 6.45) is 1.43. The highest BCUT2D eigenvalue weighted by molar-refractivity contribution is 7.86. The number of anilines is 4. The van der Waals surface area contributed by atoms with Crippen LogP contribution in [0.5, 0.6) is 0 Å². The number of azo groups is 1. The van der Waals surface area contributed by atoms with Crippen molar-refractivity contribution in [1.29, 1.82) is 0 Å². The van der Waals surface area contributed by atoms with Crippen LogP contribution in [0.1, 0.15) is 5.69 Å². The zero-order chi connectivity index (χ0) is 41.9. The first-order chi connectivity index (χ1) is 26.6. The number of nitrogens with zero attached hydrogens (tertiary/aromatic N) is 7. The van der Waals surface area contributed by atoms with Gasteiger partial charge in [-0.15, -0.1) is 15.7 Å². The Kier molecular flexibility index (Phi) is 13.0. The van der Waals surface area contributed by atoms with Gasteiger partial charge in [-0.25, -0.2) is 4.68 Å². The quantitative estimate of drug-likeness (QED) is 0.0401. The van der Waals surface area contributed by atoms with Gasteiger partial charge in [-0.3, -0.25) is 23.6 Å². The van der Waals surface area contributed by atoms with Gasteiger partial charge in [0.15, 0.2) is 5.69 Å². The van der Waals surface area contributed by atoms with E-state index < -0.39 is 56.4 Å². The molecule has 22 nitrogen and oxygen atoms in total. The number of halogens is 2. The Balaban J connectivity index is 1.49. The van der Waals surface area contributed by atoms with Crippen molar-refractivity contribution >= 4 is 88.1 Å². The number of aromatic amines is 1. The van der Waals surface area contributed by atoms with E-state index in [1.807, 2.05) is 4.90 Å². The second kappa shape index (κ2) is 17.2. The Hall–Kier alpha value is -5.09. The van der Waals surface area contributed by atoms with Gasteiger partial charge >= 0.3 is 0 Å². The molecule has 0 spiro atoms. The minimum atomic E-state index is -4.89. The van der Waals surface area contributed by atoms with Gasteiger partial charge in [0, 0.05) is 30.1 Å². The summed E-state index contributed by atoms with van der Waals surface area (Å²) in [5, 5.41) is 29.4. The van der Waals surface area contributed by atoms with Crippen LogP contribution >= 0.6 is 23.2 Å². The molecule has 0 atom stereocenters. The lowest BCUT2D eigenvalue weighted by molar-refractivity contribution is -0.702. The van der Waals surface area contributed by atoms with Crippen LogP contribution in [0.15, 0.2) is 90.5 Å². The van der Waals surface area contributed by atoms with Crippen LogP contribution in [0.2, 0.25) is 10.0 Å². The van der Waals surface area contributed by atoms with Gasteiger partial charge in [0.2, 0.25) is 5.82 Å². The van der Waals surface area contributed by atoms with Crippen LogP contribution in [-0.4, -0.2) is 102 Å². The first-order valence-corrected chi connectivity index (χ1v) is 21.0. The Morgan fingerprint density at radius 3 is 2.18 bits per heavy atom. The Bertz CT molecular complexity index is 2750. The number of benzene rings is 3.